The molecule has 0 atom stereocenters. The highest BCUT2D eigenvalue weighted by molar-refractivity contribution is 9.10. The molecule has 0 aromatic heterocycles. The zero-order valence-corrected chi connectivity index (χ0v) is 15.4. The van der Waals surface area contributed by atoms with Gasteiger partial charge in [0.15, 0.2) is 11.5 Å². The van der Waals surface area contributed by atoms with Gasteiger partial charge in [0.05, 0.1) is 18.2 Å². The Hall–Kier alpha value is -1.23. The minimum atomic E-state index is 0.126. The highest BCUT2D eigenvalue weighted by Crippen LogP contribution is 2.39. The summed E-state index contributed by atoms with van der Waals surface area (Å²) in [5.74, 6) is 1.39. The molecule has 0 radical (unpaired) electrons. The van der Waals surface area contributed by atoms with Gasteiger partial charge in [-0.3, -0.25) is 4.79 Å². The number of halogens is 1. The van der Waals surface area contributed by atoms with E-state index in [-0.39, 0.29) is 5.91 Å². The molecule has 0 unspecified atom stereocenters. The second kappa shape index (κ2) is 7.12. The van der Waals surface area contributed by atoms with Crippen molar-refractivity contribution in [1.82, 2.24) is 4.90 Å². The summed E-state index contributed by atoms with van der Waals surface area (Å²) in [4.78, 5) is 15.2. The fourth-order valence-corrected chi connectivity index (χ4v) is 4.00. The van der Waals surface area contributed by atoms with Crippen LogP contribution in [0.4, 0.5) is 0 Å². The Labute approximate surface area is 146 Å². The van der Waals surface area contributed by atoms with Crippen LogP contribution in [-0.4, -0.2) is 36.6 Å². The Morgan fingerprint density at radius 2 is 1.87 bits per heavy atom. The molecule has 23 heavy (non-hydrogen) atoms. The van der Waals surface area contributed by atoms with Gasteiger partial charge in [0.25, 0.3) is 5.91 Å². The number of carbonyl (C=O) groups is 1. The molecule has 1 amide bonds. The van der Waals surface area contributed by atoms with E-state index in [9.17, 15) is 4.79 Å². The van der Waals surface area contributed by atoms with Crippen molar-refractivity contribution in [3.63, 3.8) is 0 Å². The van der Waals surface area contributed by atoms with Gasteiger partial charge in [-0.1, -0.05) is 12.8 Å². The van der Waals surface area contributed by atoms with Crippen molar-refractivity contribution in [2.24, 2.45) is 0 Å². The van der Waals surface area contributed by atoms with E-state index >= 15 is 0 Å². The molecule has 2 aliphatic carbocycles. The van der Waals surface area contributed by atoms with Crippen molar-refractivity contribution in [2.75, 3.05) is 13.7 Å². The van der Waals surface area contributed by atoms with Gasteiger partial charge in [0.1, 0.15) is 0 Å². The van der Waals surface area contributed by atoms with Crippen molar-refractivity contribution < 1.29 is 14.3 Å². The number of methoxy groups -OCH3 is 1. The monoisotopic (exact) mass is 381 g/mol. The molecule has 2 saturated carbocycles. The van der Waals surface area contributed by atoms with Crippen LogP contribution in [0, 0.1) is 0 Å². The average molecular weight is 382 g/mol. The van der Waals surface area contributed by atoms with Gasteiger partial charge in [-0.25, -0.2) is 0 Å². The third-order valence-corrected chi connectivity index (χ3v) is 5.25. The Bertz CT molecular complexity index is 580. The van der Waals surface area contributed by atoms with Crippen LogP contribution in [0.2, 0.25) is 0 Å². The molecule has 4 nitrogen and oxygen atoms in total. The summed E-state index contributed by atoms with van der Waals surface area (Å²) in [6.45, 7) is 2.48. The van der Waals surface area contributed by atoms with Gasteiger partial charge in [0, 0.05) is 17.6 Å². The summed E-state index contributed by atoms with van der Waals surface area (Å²) in [5, 5.41) is 0. The molecule has 1 aromatic rings. The topological polar surface area (TPSA) is 38.8 Å². The SMILES string of the molecule is CCOc1c(Br)cc(C(=O)N(C2CCCC2)C2CC2)cc1OC. The third kappa shape index (κ3) is 3.49. The molecule has 5 heteroatoms. The Balaban J connectivity index is 1.89. The summed E-state index contributed by atoms with van der Waals surface area (Å²) in [5.41, 5.74) is 0.677. The molecule has 0 spiro atoms. The largest absolute Gasteiger partial charge is 0.493 e. The van der Waals surface area contributed by atoms with Gasteiger partial charge < -0.3 is 14.4 Å². The van der Waals surface area contributed by atoms with E-state index in [0.29, 0.717) is 35.8 Å². The lowest BCUT2D eigenvalue weighted by molar-refractivity contribution is 0.0664. The molecular formula is C18H24BrNO3. The maximum atomic E-state index is 13.1. The summed E-state index contributed by atoms with van der Waals surface area (Å²) in [6.07, 6.45) is 7.01. The highest BCUT2D eigenvalue weighted by Gasteiger charge is 2.39. The van der Waals surface area contributed by atoms with E-state index in [1.54, 1.807) is 7.11 Å². The second-order valence-electron chi connectivity index (χ2n) is 6.30. The molecule has 3 rings (SSSR count). The van der Waals surface area contributed by atoms with Crippen LogP contribution in [-0.2, 0) is 0 Å². The van der Waals surface area contributed by atoms with Gasteiger partial charge in [0.2, 0.25) is 0 Å². The van der Waals surface area contributed by atoms with E-state index in [1.807, 2.05) is 19.1 Å². The molecule has 2 aliphatic rings. The lowest BCUT2D eigenvalue weighted by atomic mass is 10.1. The summed E-state index contributed by atoms with van der Waals surface area (Å²) in [6, 6.07) is 4.51. The molecule has 0 aliphatic heterocycles. The molecule has 2 fully saturated rings. The van der Waals surface area contributed by atoms with Crippen molar-refractivity contribution in [2.45, 2.75) is 57.5 Å². The lowest BCUT2D eigenvalue weighted by Gasteiger charge is -2.29. The number of hydrogen-bond donors (Lipinski definition) is 0. The van der Waals surface area contributed by atoms with Gasteiger partial charge in [-0.15, -0.1) is 0 Å². The van der Waals surface area contributed by atoms with E-state index in [1.165, 1.54) is 12.8 Å². The predicted octanol–water partition coefficient (Wildman–Crippen LogP) is 4.40. The molecule has 0 bridgehead atoms. The van der Waals surface area contributed by atoms with E-state index in [4.69, 9.17) is 9.47 Å². The maximum Gasteiger partial charge on any atom is 0.254 e. The summed E-state index contributed by atoms with van der Waals surface area (Å²) >= 11 is 3.52. The Morgan fingerprint density at radius 1 is 1.22 bits per heavy atom. The third-order valence-electron chi connectivity index (χ3n) is 4.66. The Kier molecular flexibility index (Phi) is 5.14. The zero-order valence-electron chi connectivity index (χ0n) is 13.8. The minimum absolute atomic E-state index is 0.126. The normalized spacial score (nSPS) is 18.0. The number of amides is 1. The molecular weight excluding hydrogens is 358 g/mol. The van der Waals surface area contributed by atoms with Gasteiger partial charge in [-0.05, 0) is 60.7 Å². The number of ether oxygens (including phenoxy) is 2. The van der Waals surface area contributed by atoms with E-state index in [0.717, 1.165) is 30.2 Å². The van der Waals surface area contributed by atoms with Crippen molar-refractivity contribution in [3.05, 3.63) is 22.2 Å². The Morgan fingerprint density at radius 3 is 2.43 bits per heavy atom. The maximum absolute atomic E-state index is 13.1. The minimum Gasteiger partial charge on any atom is -0.493 e. The van der Waals surface area contributed by atoms with Crippen LogP contribution in [0.15, 0.2) is 16.6 Å². The average Bonchev–Trinajstić information content (AvgIpc) is 3.23. The fourth-order valence-electron chi connectivity index (χ4n) is 3.44. The smallest absolute Gasteiger partial charge is 0.254 e. The van der Waals surface area contributed by atoms with Crippen LogP contribution < -0.4 is 9.47 Å². The number of nitrogens with zero attached hydrogens (tertiary/aromatic N) is 1. The summed E-state index contributed by atoms with van der Waals surface area (Å²) < 4.78 is 11.8. The van der Waals surface area contributed by atoms with E-state index < -0.39 is 0 Å². The molecule has 1 aromatic carbocycles. The lowest BCUT2D eigenvalue weighted by Crippen LogP contribution is -2.40. The quantitative estimate of drug-likeness (QED) is 0.732. The van der Waals surface area contributed by atoms with Crippen molar-refractivity contribution in [1.29, 1.82) is 0 Å². The predicted molar refractivity (Wildman–Crippen MR) is 93.3 cm³/mol. The standard InChI is InChI=1S/C18H24BrNO3/c1-3-23-17-15(19)10-12(11-16(17)22-2)18(21)20(14-8-9-14)13-6-4-5-7-13/h10-11,13-14H,3-9H2,1-2H3. The van der Waals surface area contributed by atoms with Crippen LogP contribution in [0.25, 0.3) is 0 Å². The van der Waals surface area contributed by atoms with Gasteiger partial charge in [-0.2, -0.15) is 0 Å². The van der Waals surface area contributed by atoms with Crippen LogP contribution >= 0.6 is 15.9 Å². The number of hydrogen-bond acceptors (Lipinski definition) is 3. The molecule has 0 saturated heterocycles. The van der Waals surface area contributed by atoms with Gasteiger partial charge >= 0.3 is 0 Å². The summed E-state index contributed by atoms with van der Waals surface area (Å²) in [7, 11) is 1.61. The van der Waals surface area contributed by atoms with E-state index in [2.05, 4.69) is 20.8 Å². The van der Waals surface area contributed by atoms with Crippen molar-refractivity contribution >= 4 is 21.8 Å². The molecule has 0 heterocycles. The van der Waals surface area contributed by atoms with Crippen LogP contribution in [0.5, 0.6) is 11.5 Å². The first-order valence-electron chi connectivity index (χ1n) is 8.48. The fraction of sp³-hybridized carbons (Fsp3) is 0.611. The highest BCUT2D eigenvalue weighted by atomic mass is 79.9. The zero-order chi connectivity index (χ0) is 16.4. The van der Waals surface area contributed by atoms with Crippen LogP contribution in [0.3, 0.4) is 0 Å². The number of benzene rings is 1. The second-order valence-corrected chi connectivity index (χ2v) is 7.16. The number of rotatable bonds is 6. The van der Waals surface area contributed by atoms with Crippen molar-refractivity contribution in [3.8, 4) is 11.5 Å². The first-order valence-corrected chi connectivity index (χ1v) is 9.28. The first-order chi connectivity index (χ1) is 11.2. The molecule has 0 N–H and O–H groups in total. The van der Waals surface area contributed by atoms with Crippen LogP contribution in [0.1, 0.15) is 55.8 Å². The molecule has 126 valence electrons. The number of carbonyl (C=O) groups excluding carboxylic acids is 1. The first kappa shape index (κ1) is 16.6.